The molecule has 0 aliphatic rings. The Kier molecular flexibility index (Phi) is 9.72. The molecule has 3 aromatic rings. The number of aromatic nitrogens is 1. The van der Waals surface area contributed by atoms with E-state index in [9.17, 15) is 26.9 Å². The summed E-state index contributed by atoms with van der Waals surface area (Å²) >= 11 is 0. The van der Waals surface area contributed by atoms with Crippen molar-refractivity contribution in [1.29, 1.82) is 0 Å². The minimum absolute atomic E-state index is 0.129. The van der Waals surface area contributed by atoms with E-state index in [-0.39, 0.29) is 15.5 Å². The smallest absolute Gasteiger partial charge is 0.277 e. The third-order valence-electron chi connectivity index (χ3n) is 4.78. The zero-order valence-corrected chi connectivity index (χ0v) is 25.1. The Morgan fingerprint density at radius 1 is 0.846 bits per heavy atom. The van der Waals surface area contributed by atoms with E-state index in [1.165, 1.54) is 12.1 Å². The quantitative estimate of drug-likeness (QED) is 0.276. The van der Waals surface area contributed by atoms with Gasteiger partial charge < -0.3 is 9.88 Å². The summed E-state index contributed by atoms with van der Waals surface area (Å²) in [6, 6.07) is 10.8. The maximum absolute atomic E-state index is 12.2. The first-order chi connectivity index (χ1) is 17.7. The molecule has 3 rings (SSSR count). The van der Waals surface area contributed by atoms with Crippen LogP contribution in [0.1, 0.15) is 47.1 Å². The second kappa shape index (κ2) is 11.9. The number of aromatic amines is 1. The normalized spacial score (nSPS) is 12.8. The van der Waals surface area contributed by atoms with Crippen molar-refractivity contribution < 1.29 is 21.8 Å². The summed E-state index contributed by atoms with van der Waals surface area (Å²) in [5.74, 6) is 0. The largest absolute Gasteiger partial charge is 0.383 e. The number of sulfonamides is 2. The van der Waals surface area contributed by atoms with Crippen LogP contribution in [0.3, 0.4) is 0 Å². The van der Waals surface area contributed by atoms with Gasteiger partial charge in [0, 0.05) is 43.0 Å². The summed E-state index contributed by atoms with van der Waals surface area (Å²) in [6.07, 6.45) is 5.01. The van der Waals surface area contributed by atoms with Gasteiger partial charge in [0.25, 0.3) is 5.69 Å². The topological polar surface area (TPSA) is 155 Å². The van der Waals surface area contributed by atoms with Crippen molar-refractivity contribution in [2.24, 2.45) is 0 Å². The molecule has 13 heteroatoms. The third-order valence-corrected chi connectivity index (χ3v) is 8.29. The van der Waals surface area contributed by atoms with Crippen LogP contribution in [0.15, 0.2) is 64.7 Å². The van der Waals surface area contributed by atoms with E-state index in [1.54, 1.807) is 76.4 Å². The number of nitrogens with one attached hydrogen (secondary N) is 3. The average Bonchev–Trinajstić information content (AvgIpc) is 3.22. The van der Waals surface area contributed by atoms with Gasteiger partial charge in [-0.1, -0.05) is 6.07 Å². The van der Waals surface area contributed by atoms with E-state index >= 15 is 0 Å². The molecule has 11 nitrogen and oxygen atoms in total. The number of nitro groups is 1. The Balaban J connectivity index is 0.000000282. The molecule has 0 fully saturated rings. The highest BCUT2D eigenvalue weighted by Crippen LogP contribution is 2.25. The molecule has 0 amide bonds. The Labute approximate surface area is 230 Å². The number of fused-ring (bicyclic) bond motifs is 1. The highest BCUT2D eigenvalue weighted by Gasteiger charge is 2.25. The fourth-order valence-electron chi connectivity index (χ4n) is 3.34. The lowest BCUT2D eigenvalue weighted by atomic mass is 10.1. The molecular weight excluding hydrogens is 542 g/mol. The van der Waals surface area contributed by atoms with Crippen LogP contribution in [-0.4, -0.2) is 56.8 Å². The van der Waals surface area contributed by atoms with Gasteiger partial charge in [-0.05, 0) is 89.5 Å². The van der Waals surface area contributed by atoms with E-state index in [0.717, 1.165) is 17.0 Å². The molecule has 0 saturated carbocycles. The molecule has 0 aliphatic heterocycles. The lowest BCUT2D eigenvalue weighted by molar-refractivity contribution is -0.385. The van der Waals surface area contributed by atoms with Gasteiger partial charge in [-0.15, -0.1) is 0 Å². The lowest BCUT2D eigenvalue weighted by Crippen LogP contribution is -2.40. The van der Waals surface area contributed by atoms with E-state index in [1.807, 2.05) is 26.8 Å². The first-order valence-electron chi connectivity index (χ1n) is 12.0. The van der Waals surface area contributed by atoms with Crippen molar-refractivity contribution in [2.75, 3.05) is 14.1 Å². The van der Waals surface area contributed by atoms with Crippen molar-refractivity contribution >= 4 is 42.7 Å². The Morgan fingerprint density at radius 3 is 1.85 bits per heavy atom. The SMILES string of the molecule is CC(C)(C)NS(=O)(=O)c1ccc2cc[nH]c2c1.CN(C)/C=C/c1ccc(S(=O)(=O)NC(C)(C)C)cc1[N+](=O)[O-]. The number of hydrogen-bond acceptors (Lipinski definition) is 7. The van der Waals surface area contributed by atoms with Crippen LogP contribution in [0.25, 0.3) is 17.0 Å². The molecule has 3 N–H and O–H groups in total. The molecular formula is C26H37N5O6S2. The molecule has 0 spiro atoms. The predicted molar refractivity (Wildman–Crippen MR) is 154 cm³/mol. The van der Waals surface area contributed by atoms with Gasteiger partial charge in [0.1, 0.15) is 0 Å². The molecule has 0 unspecified atom stereocenters. The summed E-state index contributed by atoms with van der Waals surface area (Å²) in [6.45, 7) is 10.6. The summed E-state index contributed by atoms with van der Waals surface area (Å²) in [7, 11) is -3.70. The summed E-state index contributed by atoms with van der Waals surface area (Å²) in [5.41, 5.74) is -0.245. The Bertz CT molecular complexity index is 1560. The van der Waals surface area contributed by atoms with Gasteiger partial charge in [0.15, 0.2) is 0 Å². The van der Waals surface area contributed by atoms with Crippen LogP contribution in [-0.2, 0) is 20.0 Å². The molecule has 0 aliphatic carbocycles. The van der Waals surface area contributed by atoms with E-state index in [2.05, 4.69) is 14.4 Å². The average molecular weight is 580 g/mol. The zero-order chi connectivity index (χ0) is 29.8. The van der Waals surface area contributed by atoms with Gasteiger partial charge in [0.05, 0.1) is 20.3 Å². The van der Waals surface area contributed by atoms with Gasteiger partial charge in [-0.3, -0.25) is 10.1 Å². The maximum atomic E-state index is 12.2. The lowest BCUT2D eigenvalue weighted by Gasteiger charge is -2.20. The first-order valence-corrected chi connectivity index (χ1v) is 14.9. The number of hydrogen-bond donors (Lipinski definition) is 3. The van der Waals surface area contributed by atoms with Gasteiger partial charge in [0.2, 0.25) is 20.0 Å². The molecule has 39 heavy (non-hydrogen) atoms. The van der Waals surface area contributed by atoms with Crippen molar-refractivity contribution in [1.82, 2.24) is 19.3 Å². The van der Waals surface area contributed by atoms with Crippen LogP contribution >= 0.6 is 0 Å². The fraction of sp³-hybridized carbons (Fsp3) is 0.385. The van der Waals surface area contributed by atoms with Crippen LogP contribution in [0.5, 0.6) is 0 Å². The van der Waals surface area contributed by atoms with Crippen LogP contribution in [0.4, 0.5) is 5.69 Å². The number of rotatable bonds is 7. The van der Waals surface area contributed by atoms with E-state index in [4.69, 9.17) is 0 Å². The highest BCUT2D eigenvalue weighted by molar-refractivity contribution is 7.89. The summed E-state index contributed by atoms with van der Waals surface area (Å²) in [4.78, 5) is 15.5. The van der Waals surface area contributed by atoms with E-state index in [0.29, 0.717) is 5.56 Å². The van der Waals surface area contributed by atoms with Crippen molar-refractivity contribution in [2.45, 2.75) is 62.4 Å². The van der Waals surface area contributed by atoms with Gasteiger partial charge >= 0.3 is 0 Å². The fourth-order valence-corrected chi connectivity index (χ4v) is 6.22. The van der Waals surface area contributed by atoms with Crippen molar-refractivity contribution in [3.8, 4) is 0 Å². The molecule has 0 bridgehead atoms. The van der Waals surface area contributed by atoms with Crippen LogP contribution < -0.4 is 9.44 Å². The number of H-pyrrole nitrogens is 1. The summed E-state index contributed by atoms with van der Waals surface area (Å²) in [5, 5.41) is 12.2. The molecule has 1 heterocycles. The molecule has 0 atom stereocenters. The predicted octanol–water partition coefficient (Wildman–Crippen LogP) is 4.45. The standard InChI is InChI=1S/C14H21N3O4S.C12H16N2O2S/c1-14(2,3)15-22(20,21)12-7-6-11(8-9-16(4)5)13(10-12)17(18)19;1-12(2,3)14-17(15,16)10-5-4-9-6-7-13-11(9)8-10/h6-10,15H,1-5H3;4-8,13-14H,1-3H3/b9-8+;. The Morgan fingerprint density at radius 2 is 1.36 bits per heavy atom. The third kappa shape index (κ3) is 9.77. The van der Waals surface area contributed by atoms with Crippen LogP contribution in [0, 0.1) is 10.1 Å². The van der Waals surface area contributed by atoms with Crippen molar-refractivity contribution in [3.05, 3.63) is 70.5 Å². The number of nitro benzene ring substituents is 1. The van der Waals surface area contributed by atoms with Crippen LogP contribution in [0.2, 0.25) is 0 Å². The molecule has 0 radical (unpaired) electrons. The highest BCUT2D eigenvalue weighted by atomic mass is 32.2. The second-order valence-electron chi connectivity index (χ2n) is 11.2. The minimum Gasteiger partial charge on any atom is -0.383 e. The second-order valence-corrected chi connectivity index (χ2v) is 14.6. The first kappa shape index (κ1) is 32.0. The van der Waals surface area contributed by atoms with Gasteiger partial charge in [-0.25, -0.2) is 26.3 Å². The number of nitrogens with zero attached hydrogens (tertiary/aromatic N) is 2. The van der Waals surface area contributed by atoms with Crippen molar-refractivity contribution in [3.63, 3.8) is 0 Å². The van der Waals surface area contributed by atoms with E-state index < -0.39 is 36.0 Å². The molecule has 214 valence electrons. The monoisotopic (exact) mass is 579 g/mol. The minimum atomic E-state index is -3.81. The maximum Gasteiger partial charge on any atom is 0.277 e. The molecule has 2 aromatic carbocycles. The zero-order valence-electron chi connectivity index (χ0n) is 23.4. The Hall–Kier alpha value is -3.26. The summed E-state index contributed by atoms with van der Waals surface area (Å²) < 4.78 is 53.8. The van der Waals surface area contributed by atoms with Gasteiger partial charge in [-0.2, -0.15) is 0 Å². The molecule has 0 saturated heterocycles. The number of benzene rings is 2. The molecule has 1 aromatic heterocycles.